The van der Waals surface area contributed by atoms with E-state index in [1.807, 2.05) is 0 Å². The summed E-state index contributed by atoms with van der Waals surface area (Å²) < 4.78 is 0. The Labute approximate surface area is 82.7 Å². The van der Waals surface area contributed by atoms with Crippen LogP contribution in [0, 0.1) is 0 Å². The van der Waals surface area contributed by atoms with Gasteiger partial charge in [0.15, 0.2) is 0 Å². The molecule has 6 nitrogen and oxygen atoms in total. The van der Waals surface area contributed by atoms with E-state index < -0.39 is 37.3 Å². The molecule has 14 heavy (non-hydrogen) atoms. The molecular formula is C8H18N2O4. The van der Waals surface area contributed by atoms with Crippen molar-refractivity contribution in [2.24, 2.45) is 5.73 Å². The zero-order valence-electron chi connectivity index (χ0n) is 8.23. The highest BCUT2D eigenvalue weighted by Gasteiger charge is 2.31. The number of carbonyl (C=O) groups is 1. The Hall–Kier alpha value is -0.690. The van der Waals surface area contributed by atoms with Crippen LogP contribution in [-0.2, 0) is 4.79 Å². The van der Waals surface area contributed by atoms with Crippen LogP contribution in [0.25, 0.3) is 0 Å². The van der Waals surface area contributed by atoms with E-state index in [2.05, 4.69) is 5.32 Å². The fourth-order valence-corrected chi connectivity index (χ4v) is 0.808. The van der Waals surface area contributed by atoms with Gasteiger partial charge in [0.05, 0.1) is 25.9 Å². The number of aliphatic hydroxyl groups excluding tert-OH is 3. The van der Waals surface area contributed by atoms with Gasteiger partial charge >= 0.3 is 0 Å². The van der Waals surface area contributed by atoms with Gasteiger partial charge in [0.2, 0.25) is 5.91 Å². The van der Waals surface area contributed by atoms with Crippen molar-refractivity contribution >= 4 is 5.91 Å². The number of nitrogens with two attached hydrogens (primary N) is 1. The van der Waals surface area contributed by atoms with Crippen molar-refractivity contribution in [3.63, 3.8) is 0 Å². The molecule has 0 unspecified atom stereocenters. The van der Waals surface area contributed by atoms with Crippen LogP contribution >= 0.6 is 0 Å². The molecule has 0 fully saturated rings. The number of aliphatic hydroxyl groups is 3. The molecule has 0 bridgehead atoms. The van der Waals surface area contributed by atoms with E-state index >= 15 is 0 Å². The second-order valence-electron chi connectivity index (χ2n) is 3.26. The number of nitrogens with one attached hydrogen (secondary N) is 1. The molecule has 84 valence electrons. The van der Waals surface area contributed by atoms with E-state index in [0.29, 0.717) is 6.42 Å². The minimum Gasteiger partial charge on any atom is -0.394 e. The molecule has 0 radical (unpaired) electrons. The topological polar surface area (TPSA) is 116 Å². The SMILES string of the molecule is CC[C@@H](N)C(=O)NC(CO)(CO)CO. The summed E-state index contributed by atoms with van der Waals surface area (Å²) in [6.07, 6.45) is 0.449. The largest absolute Gasteiger partial charge is 0.394 e. The zero-order valence-corrected chi connectivity index (χ0v) is 8.23. The van der Waals surface area contributed by atoms with Gasteiger partial charge in [-0.3, -0.25) is 4.79 Å². The average Bonchev–Trinajstić information content (AvgIpc) is 2.24. The van der Waals surface area contributed by atoms with Crippen LogP contribution < -0.4 is 11.1 Å². The summed E-state index contributed by atoms with van der Waals surface area (Å²) in [6, 6.07) is -0.695. The normalized spacial score (nSPS) is 13.8. The lowest BCUT2D eigenvalue weighted by molar-refractivity contribution is -0.126. The van der Waals surface area contributed by atoms with Crippen LogP contribution in [0.5, 0.6) is 0 Å². The highest BCUT2D eigenvalue weighted by molar-refractivity contribution is 5.82. The van der Waals surface area contributed by atoms with Crippen molar-refractivity contribution in [2.75, 3.05) is 19.8 Å². The van der Waals surface area contributed by atoms with E-state index in [1.54, 1.807) is 6.92 Å². The summed E-state index contributed by atoms with van der Waals surface area (Å²) in [5.74, 6) is -0.496. The quantitative estimate of drug-likeness (QED) is 0.331. The molecule has 0 aliphatic rings. The van der Waals surface area contributed by atoms with Crippen LogP contribution in [0.1, 0.15) is 13.3 Å². The Morgan fingerprint density at radius 3 is 2.07 bits per heavy atom. The first-order valence-electron chi connectivity index (χ1n) is 4.45. The molecule has 1 atom stereocenters. The van der Waals surface area contributed by atoms with Gasteiger partial charge in [0.1, 0.15) is 5.54 Å². The predicted molar refractivity (Wildman–Crippen MR) is 50.4 cm³/mol. The van der Waals surface area contributed by atoms with E-state index in [1.165, 1.54) is 0 Å². The zero-order chi connectivity index (χ0) is 11.2. The van der Waals surface area contributed by atoms with Crippen LogP contribution in [-0.4, -0.2) is 52.6 Å². The summed E-state index contributed by atoms with van der Waals surface area (Å²) >= 11 is 0. The molecule has 1 amide bonds. The minimum atomic E-state index is -1.39. The minimum absolute atomic E-state index is 0.449. The molecule has 0 saturated carbocycles. The van der Waals surface area contributed by atoms with Gasteiger partial charge in [-0.2, -0.15) is 0 Å². The van der Waals surface area contributed by atoms with Gasteiger partial charge in [-0.25, -0.2) is 0 Å². The van der Waals surface area contributed by atoms with Crippen LogP contribution in [0.4, 0.5) is 0 Å². The smallest absolute Gasteiger partial charge is 0.237 e. The maximum absolute atomic E-state index is 11.3. The van der Waals surface area contributed by atoms with Crippen molar-refractivity contribution in [1.82, 2.24) is 5.32 Å². The Bertz CT molecular complexity index is 174. The average molecular weight is 206 g/mol. The fourth-order valence-electron chi connectivity index (χ4n) is 0.808. The number of carbonyl (C=O) groups excluding carboxylic acids is 1. The predicted octanol–water partition coefficient (Wildman–Crippen LogP) is -2.44. The summed E-state index contributed by atoms with van der Waals surface area (Å²) in [5, 5.41) is 29.0. The maximum Gasteiger partial charge on any atom is 0.237 e. The summed E-state index contributed by atoms with van der Waals surface area (Å²) in [6.45, 7) is 0.120. The fraction of sp³-hybridized carbons (Fsp3) is 0.875. The van der Waals surface area contributed by atoms with Crippen molar-refractivity contribution < 1.29 is 20.1 Å². The van der Waals surface area contributed by atoms with E-state index in [-0.39, 0.29) is 0 Å². The Morgan fingerprint density at radius 1 is 1.36 bits per heavy atom. The molecule has 0 aromatic rings. The third-order valence-corrected chi connectivity index (χ3v) is 2.07. The third kappa shape index (κ3) is 3.22. The molecule has 6 heteroatoms. The third-order valence-electron chi connectivity index (χ3n) is 2.07. The number of amides is 1. The van der Waals surface area contributed by atoms with E-state index in [4.69, 9.17) is 21.1 Å². The van der Waals surface area contributed by atoms with Gasteiger partial charge in [-0.05, 0) is 6.42 Å². The van der Waals surface area contributed by atoms with Crippen LogP contribution in [0.3, 0.4) is 0 Å². The highest BCUT2D eigenvalue weighted by Crippen LogP contribution is 2.02. The van der Waals surface area contributed by atoms with E-state index in [0.717, 1.165) is 0 Å². The van der Waals surface area contributed by atoms with Gasteiger partial charge in [-0.1, -0.05) is 6.92 Å². The number of hydrogen-bond acceptors (Lipinski definition) is 5. The molecule has 0 saturated heterocycles. The van der Waals surface area contributed by atoms with Crippen molar-refractivity contribution in [2.45, 2.75) is 24.9 Å². The highest BCUT2D eigenvalue weighted by atomic mass is 16.3. The molecule has 0 aliphatic carbocycles. The Kier molecular flexibility index (Phi) is 5.63. The molecule has 0 aliphatic heterocycles. The standard InChI is InChI=1S/C8H18N2O4/c1-2-6(9)7(14)10-8(3-11,4-12)5-13/h6,11-13H,2-5,9H2,1H3,(H,10,14)/t6-/m1/s1. The lowest BCUT2D eigenvalue weighted by Crippen LogP contribution is -2.60. The first-order chi connectivity index (χ1) is 6.55. The lowest BCUT2D eigenvalue weighted by atomic mass is 10.0. The van der Waals surface area contributed by atoms with Crippen molar-refractivity contribution in [1.29, 1.82) is 0 Å². The Balaban J connectivity index is 4.37. The molecule has 0 aromatic heterocycles. The summed E-state index contributed by atoms with van der Waals surface area (Å²) in [5.41, 5.74) is 4.05. The van der Waals surface area contributed by atoms with Crippen molar-refractivity contribution in [3.8, 4) is 0 Å². The summed E-state index contributed by atoms with van der Waals surface area (Å²) in [4.78, 5) is 11.3. The molecule has 0 spiro atoms. The molecular weight excluding hydrogens is 188 g/mol. The second-order valence-corrected chi connectivity index (χ2v) is 3.26. The molecule has 0 rings (SSSR count). The first-order valence-corrected chi connectivity index (χ1v) is 4.45. The van der Waals surface area contributed by atoms with Gasteiger partial charge in [-0.15, -0.1) is 0 Å². The van der Waals surface area contributed by atoms with Gasteiger partial charge in [0.25, 0.3) is 0 Å². The van der Waals surface area contributed by atoms with Crippen LogP contribution in [0.2, 0.25) is 0 Å². The Morgan fingerprint density at radius 2 is 1.79 bits per heavy atom. The monoisotopic (exact) mass is 206 g/mol. The van der Waals surface area contributed by atoms with E-state index in [9.17, 15) is 4.79 Å². The lowest BCUT2D eigenvalue weighted by Gasteiger charge is -2.29. The first kappa shape index (κ1) is 13.3. The number of hydrogen-bond donors (Lipinski definition) is 5. The van der Waals surface area contributed by atoms with Gasteiger partial charge < -0.3 is 26.4 Å². The maximum atomic E-state index is 11.3. The number of rotatable bonds is 6. The van der Waals surface area contributed by atoms with Crippen molar-refractivity contribution in [3.05, 3.63) is 0 Å². The second kappa shape index (κ2) is 5.92. The molecule has 0 aromatic carbocycles. The van der Waals surface area contributed by atoms with Gasteiger partial charge in [0, 0.05) is 0 Å². The summed E-state index contributed by atoms with van der Waals surface area (Å²) in [7, 11) is 0. The van der Waals surface area contributed by atoms with Crippen LogP contribution in [0.15, 0.2) is 0 Å². The molecule has 0 heterocycles. The molecule has 6 N–H and O–H groups in total.